The molecule has 0 aromatic heterocycles. The van der Waals surface area contributed by atoms with E-state index >= 15 is 0 Å². The van der Waals surface area contributed by atoms with Crippen molar-refractivity contribution in [3.05, 3.63) is 35.4 Å². The average molecular weight is 286 g/mol. The fraction of sp³-hybridized carbons (Fsp3) is 0.611. The highest BCUT2D eigenvalue weighted by Gasteiger charge is 2.40. The Kier molecular flexibility index (Phi) is 4.03. The van der Waals surface area contributed by atoms with Crippen LogP contribution in [0.4, 0.5) is 0 Å². The van der Waals surface area contributed by atoms with Crippen molar-refractivity contribution in [1.29, 1.82) is 0 Å². The normalized spacial score (nSPS) is 25.8. The van der Waals surface area contributed by atoms with Crippen molar-refractivity contribution in [1.82, 2.24) is 10.2 Å². The van der Waals surface area contributed by atoms with E-state index < -0.39 is 0 Å². The Morgan fingerprint density at radius 2 is 2.00 bits per heavy atom. The Balaban J connectivity index is 1.68. The molecular weight excluding hydrogens is 260 g/mol. The summed E-state index contributed by atoms with van der Waals surface area (Å²) in [7, 11) is 0. The summed E-state index contributed by atoms with van der Waals surface area (Å²) in [4.78, 5) is 14.7. The number of carbonyl (C=O) groups is 1. The number of nitrogens with one attached hydrogen (secondary N) is 1. The monoisotopic (exact) mass is 286 g/mol. The highest BCUT2D eigenvalue weighted by molar-refractivity contribution is 5.94. The molecule has 2 aliphatic heterocycles. The van der Waals surface area contributed by atoms with E-state index in [0.717, 1.165) is 38.2 Å². The third-order valence-corrected chi connectivity index (χ3v) is 5.11. The van der Waals surface area contributed by atoms with Crippen LogP contribution in [0.2, 0.25) is 0 Å². The van der Waals surface area contributed by atoms with Gasteiger partial charge in [-0.15, -0.1) is 0 Å². The lowest BCUT2D eigenvalue weighted by Gasteiger charge is -2.33. The number of benzene rings is 1. The van der Waals surface area contributed by atoms with Crippen LogP contribution < -0.4 is 5.32 Å². The zero-order valence-corrected chi connectivity index (χ0v) is 13.2. The zero-order chi connectivity index (χ0) is 14.9. The Morgan fingerprint density at radius 1 is 1.24 bits per heavy atom. The van der Waals surface area contributed by atoms with Gasteiger partial charge in [-0.3, -0.25) is 4.79 Å². The maximum Gasteiger partial charge on any atom is 0.253 e. The van der Waals surface area contributed by atoms with Crippen LogP contribution in [0.1, 0.15) is 54.9 Å². The van der Waals surface area contributed by atoms with E-state index in [9.17, 15) is 4.79 Å². The molecule has 0 saturated carbocycles. The first-order chi connectivity index (χ1) is 10.1. The SMILES string of the molecule is CC(C)c1ccc(C(=O)N2CCC3(CCCNC3)C2)cc1. The van der Waals surface area contributed by atoms with Gasteiger partial charge in [0.15, 0.2) is 0 Å². The van der Waals surface area contributed by atoms with Crippen LogP contribution in [0.25, 0.3) is 0 Å². The van der Waals surface area contributed by atoms with Crippen LogP contribution in [0.15, 0.2) is 24.3 Å². The maximum atomic E-state index is 12.7. The summed E-state index contributed by atoms with van der Waals surface area (Å²) < 4.78 is 0. The van der Waals surface area contributed by atoms with Crippen molar-refractivity contribution in [2.75, 3.05) is 26.2 Å². The smallest absolute Gasteiger partial charge is 0.253 e. The van der Waals surface area contributed by atoms with Gasteiger partial charge >= 0.3 is 0 Å². The minimum atomic E-state index is 0.202. The summed E-state index contributed by atoms with van der Waals surface area (Å²) in [5, 5.41) is 3.50. The van der Waals surface area contributed by atoms with Gasteiger partial charge in [0, 0.05) is 30.6 Å². The largest absolute Gasteiger partial charge is 0.338 e. The lowest BCUT2D eigenvalue weighted by molar-refractivity contribution is 0.0764. The Hall–Kier alpha value is -1.35. The quantitative estimate of drug-likeness (QED) is 0.906. The second kappa shape index (κ2) is 5.80. The number of piperidine rings is 1. The van der Waals surface area contributed by atoms with Gasteiger partial charge in [-0.2, -0.15) is 0 Å². The summed E-state index contributed by atoms with van der Waals surface area (Å²) in [5.41, 5.74) is 2.47. The van der Waals surface area contributed by atoms with E-state index in [-0.39, 0.29) is 5.91 Å². The molecule has 2 saturated heterocycles. The molecule has 0 bridgehead atoms. The molecule has 2 heterocycles. The molecule has 0 radical (unpaired) electrons. The standard InChI is InChI=1S/C18H26N2O/c1-14(2)15-4-6-16(7-5-15)17(21)20-11-9-18(13-20)8-3-10-19-12-18/h4-7,14,19H,3,8-13H2,1-2H3. The summed E-state index contributed by atoms with van der Waals surface area (Å²) in [6, 6.07) is 8.15. The molecule has 1 aromatic carbocycles. The van der Waals surface area contributed by atoms with Crippen molar-refractivity contribution >= 4 is 5.91 Å². The van der Waals surface area contributed by atoms with Crippen molar-refractivity contribution in [3.8, 4) is 0 Å². The summed E-state index contributed by atoms with van der Waals surface area (Å²) in [6.45, 7) is 8.39. The number of nitrogens with zero attached hydrogens (tertiary/aromatic N) is 1. The van der Waals surface area contributed by atoms with E-state index in [1.54, 1.807) is 0 Å². The molecule has 3 nitrogen and oxygen atoms in total. The molecule has 2 fully saturated rings. The zero-order valence-electron chi connectivity index (χ0n) is 13.2. The number of rotatable bonds is 2. The second-order valence-electron chi connectivity index (χ2n) is 7.03. The van der Waals surface area contributed by atoms with Gasteiger partial charge in [-0.05, 0) is 49.4 Å². The van der Waals surface area contributed by atoms with Crippen LogP contribution >= 0.6 is 0 Å². The van der Waals surface area contributed by atoms with E-state index in [1.165, 1.54) is 18.4 Å². The van der Waals surface area contributed by atoms with Gasteiger partial charge in [0.1, 0.15) is 0 Å². The van der Waals surface area contributed by atoms with Crippen molar-refractivity contribution < 1.29 is 4.79 Å². The maximum absolute atomic E-state index is 12.7. The Bertz CT molecular complexity index is 500. The number of amides is 1. The molecule has 1 amide bonds. The van der Waals surface area contributed by atoms with Crippen LogP contribution in [0, 0.1) is 5.41 Å². The fourth-order valence-electron chi connectivity index (χ4n) is 3.68. The Labute approximate surface area is 127 Å². The predicted octanol–water partition coefficient (Wildman–Crippen LogP) is 3.03. The van der Waals surface area contributed by atoms with Crippen molar-refractivity contribution in [3.63, 3.8) is 0 Å². The highest BCUT2D eigenvalue weighted by Crippen LogP contribution is 2.36. The molecule has 1 aromatic rings. The van der Waals surface area contributed by atoms with E-state index in [4.69, 9.17) is 0 Å². The lowest BCUT2D eigenvalue weighted by Crippen LogP contribution is -2.42. The number of hydrogen-bond donors (Lipinski definition) is 1. The van der Waals surface area contributed by atoms with Crippen LogP contribution in [-0.2, 0) is 0 Å². The molecule has 1 atom stereocenters. The Morgan fingerprint density at radius 3 is 2.62 bits per heavy atom. The van der Waals surface area contributed by atoms with Crippen molar-refractivity contribution in [2.45, 2.75) is 39.0 Å². The topological polar surface area (TPSA) is 32.3 Å². The minimum Gasteiger partial charge on any atom is -0.338 e. The van der Waals surface area contributed by atoms with Gasteiger partial charge in [-0.25, -0.2) is 0 Å². The fourth-order valence-corrected chi connectivity index (χ4v) is 3.68. The summed E-state index contributed by atoms with van der Waals surface area (Å²) >= 11 is 0. The molecule has 1 unspecified atom stereocenters. The molecule has 2 aliphatic rings. The van der Waals surface area contributed by atoms with E-state index in [2.05, 4.69) is 36.2 Å². The molecule has 1 spiro atoms. The third-order valence-electron chi connectivity index (χ3n) is 5.11. The molecule has 0 aliphatic carbocycles. The molecule has 114 valence electrons. The van der Waals surface area contributed by atoms with Gasteiger partial charge in [-0.1, -0.05) is 26.0 Å². The van der Waals surface area contributed by atoms with Gasteiger partial charge in [0.2, 0.25) is 0 Å². The first kappa shape index (κ1) is 14.6. The number of carbonyl (C=O) groups excluding carboxylic acids is 1. The van der Waals surface area contributed by atoms with E-state index in [1.807, 2.05) is 12.1 Å². The first-order valence-corrected chi connectivity index (χ1v) is 8.20. The molecule has 21 heavy (non-hydrogen) atoms. The van der Waals surface area contributed by atoms with Crippen LogP contribution in [-0.4, -0.2) is 37.0 Å². The molecule has 3 heteroatoms. The molecule has 1 N–H and O–H groups in total. The second-order valence-corrected chi connectivity index (χ2v) is 7.03. The first-order valence-electron chi connectivity index (χ1n) is 8.20. The highest BCUT2D eigenvalue weighted by atomic mass is 16.2. The lowest BCUT2D eigenvalue weighted by atomic mass is 9.80. The minimum absolute atomic E-state index is 0.202. The average Bonchev–Trinajstić information content (AvgIpc) is 2.91. The van der Waals surface area contributed by atoms with Gasteiger partial charge in [0.25, 0.3) is 5.91 Å². The molecule has 3 rings (SSSR count). The predicted molar refractivity (Wildman–Crippen MR) is 85.6 cm³/mol. The number of hydrogen-bond acceptors (Lipinski definition) is 2. The summed E-state index contributed by atoms with van der Waals surface area (Å²) in [5.74, 6) is 0.713. The van der Waals surface area contributed by atoms with Crippen LogP contribution in [0.5, 0.6) is 0 Å². The molecular formula is C18H26N2O. The van der Waals surface area contributed by atoms with Crippen molar-refractivity contribution in [2.24, 2.45) is 5.41 Å². The van der Waals surface area contributed by atoms with Gasteiger partial charge in [0.05, 0.1) is 0 Å². The summed E-state index contributed by atoms with van der Waals surface area (Å²) in [6.07, 6.45) is 3.65. The number of likely N-dealkylation sites (tertiary alicyclic amines) is 1. The van der Waals surface area contributed by atoms with Crippen LogP contribution in [0.3, 0.4) is 0 Å². The third kappa shape index (κ3) is 2.98. The van der Waals surface area contributed by atoms with Gasteiger partial charge < -0.3 is 10.2 Å². The van der Waals surface area contributed by atoms with E-state index in [0.29, 0.717) is 11.3 Å².